The Bertz CT molecular complexity index is 639. The van der Waals surface area contributed by atoms with E-state index in [9.17, 15) is 13.6 Å². The first-order chi connectivity index (χ1) is 9.49. The number of hydrogen-bond acceptors (Lipinski definition) is 3. The predicted octanol–water partition coefficient (Wildman–Crippen LogP) is 2.65. The van der Waals surface area contributed by atoms with E-state index in [1.165, 1.54) is 13.1 Å². The quantitative estimate of drug-likeness (QED) is 0.755. The Kier molecular flexibility index (Phi) is 3.84. The van der Waals surface area contributed by atoms with Crippen molar-refractivity contribution < 1.29 is 13.6 Å². The van der Waals surface area contributed by atoms with E-state index in [2.05, 4.69) is 10.6 Å². The van der Waals surface area contributed by atoms with Gasteiger partial charge in [0.2, 0.25) is 0 Å². The van der Waals surface area contributed by atoms with Gasteiger partial charge in [-0.3, -0.25) is 4.79 Å². The lowest BCUT2D eigenvalue weighted by atomic mass is 10.1. The van der Waals surface area contributed by atoms with Crippen molar-refractivity contribution in [1.29, 1.82) is 0 Å². The monoisotopic (exact) mass is 277 g/mol. The molecule has 1 amide bonds. The van der Waals surface area contributed by atoms with Gasteiger partial charge in [-0.1, -0.05) is 0 Å². The second-order valence-electron chi connectivity index (χ2n) is 4.16. The fourth-order valence-electron chi connectivity index (χ4n) is 1.73. The van der Waals surface area contributed by atoms with E-state index in [1.807, 2.05) is 0 Å². The van der Waals surface area contributed by atoms with Crippen LogP contribution in [0.1, 0.15) is 10.4 Å². The van der Waals surface area contributed by atoms with Crippen LogP contribution in [-0.4, -0.2) is 13.0 Å². The molecule has 4 nitrogen and oxygen atoms in total. The van der Waals surface area contributed by atoms with Gasteiger partial charge in [0.05, 0.1) is 11.4 Å². The van der Waals surface area contributed by atoms with Gasteiger partial charge in [0.15, 0.2) is 0 Å². The Labute approximate surface area is 114 Å². The van der Waals surface area contributed by atoms with Crippen LogP contribution in [0.3, 0.4) is 0 Å². The molecule has 2 aromatic rings. The van der Waals surface area contributed by atoms with Gasteiger partial charge in [-0.25, -0.2) is 8.78 Å². The molecule has 2 rings (SSSR count). The van der Waals surface area contributed by atoms with E-state index in [4.69, 9.17) is 5.73 Å². The van der Waals surface area contributed by atoms with Crippen molar-refractivity contribution in [2.45, 2.75) is 0 Å². The van der Waals surface area contributed by atoms with Crippen molar-refractivity contribution in [2.75, 3.05) is 18.1 Å². The molecule has 104 valence electrons. The molecule has 20 heavy (non-hydrogen) atoms. The number of nitrogens with one attached hydrogen (secondary N) is 2. The number of nitrogens with two attached hydrogens (primary N) is 1. The second kappa shape index (κ2) is 5.56. The molecule has 0 aliphatic rings. The summed E-state index contributed by atoms with van der Waals surface area (Å²) >= 11 is 0. The van der Waals surface area contributed by atoms with Crippen molar-refractivity contribution in [2.24, 2.45) is 0 Å². The van der Waals surface area contributed by atoms with Crippen molar-refractivity contribution in [3.05, 3.63) is 53.6 Å². The molecule has 0 saturated heterocycles. The third-order valence-electron chi connectivity index (χ3n) is 2.68. The summed E-state index contributed by atoms with van der Waals surface area (Å²) in [6, 6.07) is 7.66. The molecule has 0 radical (unpaired) electrons. The predicted molar refractivity (Wildman–Crippen MR) is 73.9 cm³/mol. The molecule has 2 aromatic carbocycles. The zero-order chi connectivity index (χ0) is 14.7. The number of amides is 1. The Morgan fingerprint density at radius 3 is 2.35 bits per heavy atom. The summed E-state index contributed by atoms with van der Waals surface area (Å²) in [6.45, 7) is 0. The Hall–Kier alpha value is -2.63. The highest BCUT2D eigenvalue weighted by atomic mass is 19.1. The molecule has 0 atom stereocenters. The van der Waals surface area contributed by atoms with Crippen LogP contribution >= 0.6 is 0 Å². The number of carbonyl (C=O) groups is 1. The molecule has 0 unspecified atom stereocenters. The molecular weight excluding hydrogens is 264 g/mol. The Morgan fingerprint density at radius 2 is 1.75 bits per heavy atom. The lowest BCUT2D eigenvalue weighted by Crippen LogP contribution is -2.18. The van der Waals surface area contributed by atoms with Gasteiger partial charge in [0.1, 0.15) is 11.6 Å². The highest BCUT2D eigenvalue weighted by Gasteiger charge is 2.08. The Morgan fingerprint density at radius 1 is 1.10 bits per heavy atom. The fourth-order valence-corrected chi connectivity index (χ4v) is 1.73. The lowest BCUT2D eigenvalue weighted by Gasteiger charge is -2.11. The highest BCUT2D eigenvalue weighted by molar-refractivity contribution is 5.96. The number of rotatable bonds is 3. The standard InChI is InChI=1S/C14H13F2N3O/c1-18-14(20)8-2-3-12(17)13(4-8)19-11-6-9(15)5-10(16)7-11/h2-7,19H,17H2,1H3,(H,18,20). The van der Waals surface area contributed by atoms with Crippen molar-refractivity contribution in [3.8, 4) is 0 Å². The molecule has 0 aliphatic carbocycles. The SMILES string of the molecule is CNC(=O)c1ccc(N)c(Nc2cc(F)cc(F)c2)c1. The molecule has 0 spiro atoms. The maximum atomic E-state index is 13.1. The van der Waals surface area contributed by atoms with Crippen molar-refractivity contribution >= 4 is 23.0 Å². The summed E-state index contributed by atoms with van der Waals surface area (Å²) in [6.07, 6.45) is 0. The fraction of sp³-hybridized carbons (Fsp3) is 0.0714. The summed E-state index contributed by atoms with van der Waals surface area (Å²) in [4.78, 5) is 11.5. The summed E-state index contributed by atoms with van der Waals surface area (Å²) < 4.78 is 26.2. The van der Waals surface area contributed by atoms with Gasteiger partial charge in [-0.2, -0.15) is 0 Å². The minimum absolute atomic E-state index is 0.211. The number of anilines is 3. The third kappa shape index (κ3) is 3.03. The maximum Gasteiger partial charge on any atom is 0.251 e. The van der Waals surface area contributed by atoms with Crippen LogP contribution < -0.4 is 16.4 Å². The smallest absolute Gasteiger partial charge is 0.251 e. The Balaban J connectivity index is 2.34. The number of halogens is 2. The first kappa shape index (κ1) is 13.8. The van der Waals surface area contributed by atoms with Gasteiger partial charge in [0.25, 0.3) is 5.91 Å². The zero-order valence-electron chi connectivity index (χ0n) is 10.7. The topological polar surface area (TPSA) is 67.2 Å². The minimum Gasteiger partial charge on any atom is -0.397 e. The van der Waals surface area contributed by atoms with Gasteiger partial charge in [-0.15, -0.1) is 0 Å². The maximum absolute atomic E-state index is 13.1. The molecule has 0 aromatic heterocycles. The van der Waals surface area contributed by atoms with Crippen LogP contribution in [0.2, 0.25) is 0 Å². The average Bonchev–Trinajstić information content (AvgIpc) is 2.39. The van der Waals surface area contributed by atoms with Crippen LogP contribution in [0.4, 0.5) is 25.8 Å². The molecule has 0 fully saturated rings. The van der Waals surface area contributed by atoms with Crippen LogP contribution in [-0.2, 0) is 0 Å². The minimum atomic E-state index is -0.700. The van der Waals surface area contributed by atoms with Gasteiger partial charge >= 0.3 is 0 Å². The van der Waals surface area contributed by atoms with E-state index in [0.29, 0.717) is 16.9 Å². The van der Waals surface area contributed by atoms with E-state index >= 15 is 0 Å². The third-order valence-corrected chi connectivity index (χ3v) is 2.68. The van der Waals surface area contributed by atoms with Crippen molar-refractivity contribution in [3.63, 3.8) is 0 Å². The number of hydrogen-bond donors (Lipinski definition) is 3. The van der Waals surface area contributed by atoms with Crippen LogP contribution in [0, 0.1) is 11.6 Å². The van der Waals surface area contributed by atoms with Gasteiger partial charge < -0.3 is 16.4 Å². The zero-order valence-corrected chi connectivity index (χ0v) is 10.7. The highest BCUT2D eigenvalue weighted by Crippen LogP contribution is 2.25. The van der Waals surface area contributed by atoms with E-state index in [1.54, 1.807) is 12.1 Å². The summed E-state index contributed by atoms with van der Waals surface area (Å²) in [5.41, 5.74) is 7.14. The number of carbonyl (C=O) groups excluding carboxylic acids is 1. The van der Waals surface area contributed by atoms with Crippen LogP contribution in [0.25, 0.3) is 0 Å². The first-order valence-corrected chi connectivity index (χ1v) is 5.84. The largest absolute Gasteiger partial charge is 0.397 e. The van der Waals surface area contributed by atoms with E-state index in [0.717, 1.165) is 18.2 Å². The van der Waals surface area contributed by atoms with Crippen LogP contribution in [0.5, 0.6) is 0 Å². The normalized spacial score (nSPS) is 10.2. The average molecular weight is 277 g/mol. The molecule has 0 bridgehead atoms. The van der Waals surface area contributed by atoms with E-state index in [-0.39, 0.29) is 11.6 Å². The summed E-state index contributed by atoms with van der Waals surface area (Å²) in [5.74, 6) is -1.68. The van der Waals surface area contributed by atoms with Crippen LogP contribution in [0.15, 0.2) is 36.4 Å². The summed E-state index contributed by atoms with van der Waals surface area (Å²) in [7, 11) is 1.51. The van der Waals surface area contributed by atoms with Gasteiger partial charge in [-0.05, 0) is 30.3 Å². The molecular formula is C14H13F2N3O. The molecule has 4 N–H and O–H groups in total. The number of benzene rings is 2. The van der Waals surface area contributed by atoms with Gasteiger partial charge in [0, 0.05) is 24.4 Å². The van der Waals surface area contributed by atoms with Crippen molar-refractivity contribution in [1.82, 2.24) is 5.32 Å². The lowest BCUT2D eigenvalue weighted by molar-refractivity contribution is 0.0963. The molecule has 6 heteroatoms. The second-order valence-corrected chi connectivity index (χ2v) is 4.16. The van der Waals surface area contributed by atoms with E-state index < -0.39 is 11.6 Å². The number of nitrogen functional groups attached to an aromatic ring is 1. The first-order valence-electron chi connectivity index (χ1n) is 5.84. The molecule has 0 aliphatic heterocycles. The summed E-state index contributed by atoms with van der Waals surface area (Å²) in [5, 5.41) is 5.27. The molecule has 0 saturated carbocycles. The molecule has 0 heterocycles.